The van der Waals surface area contributed by atoms with Crippen LogP contribution in [0.3, 0.4) is 0 Å². The van der Waals surface area contributed by atoms with Crippen molar-refractivity contribution in [2.24, 2.45) is 0 Å². The van der Waals surface area contributed by atoms with Gasteiger partial charge in [-0.2, -0.15) is 0 Å². The average Bonchev–Trinajstić information content (AvgIpc) is 3.17. The van der Waals surface area contributed by atoms with Crippen LogP contribution in [0.25, 0.3) is 5.69 Å². The molecule has 0 aliphatic carbocycles. The van der Waals surface area contributed by atoms with Crippen LogP contribution < -0.4 is 9.64 Å². The van der Waals surface area contributed by atoms with Gasteiger partial charge in [0.05, 0.1) is 11.4 Å². The maximum Gasteiger partial charge on any atom is 0.264 e. The minimum Gasteiger partial charge on any atom is -0.484 e. The van der Waals surface area contributed by atoms with Gasteiger partial charge >= 0.3 is 0 Å². The van der Waals surface area contributed by atoms with Crippen molar-refractivity contribution in [2.75, 3.05) is 18.1 Å². The molecule has 1 aliphatic heterocycles. The molecule has 0 saturated heterocycles. The number of rotatable bonds is 4. The standard InChI is InChI=1S/C19H19N5O2S/c1-14-9-10-23(17-7-2-3-8-18(17)27-14)19(25)12-26-16-6-4-5-15(11-16)24-13-20-21-22-24/h2-8,11,13-14H,9-10,12H2,1H3/t14-/m0/s1. The van der Waals surface area contributed by atoms with Crippen molar-refractivity contribution in [2.45, 2.75) is 23.5 Å². The van der Waals surface area contributed by atoms with Gasteiger partial charge in [-0.1, -0.05) is 25.1 Å². The Morgan fingerprint density at radius 1 is 1.26 bits per heavy atom. The average molecular weight is 381 g/mol. The first-order chi connectivity index (χ1) is 13.2. The topological polar surface area (TPSA) is 73.1 Å². The summed E-state index contributed by atoms with van der Waals surface area (Å²) in [5.41, 5.74) is 1.73. The SMILES string of the molecule is C[C@H]1CCN(C(=O)COc2cccc(-n3cnnn3)c2)c2ccccc2S1. The van der Waals surface area contributed by atoms with Crippen LogP contribution in [-0.2, 0) is 4.79 Å². The van der Waals surface area contributed by atoms with Crippen molar-refractivity contribution < 1.29 is 9.53 Å². The second-order valence-corrected chi connectivity index (χ2v) is 7.75. The molecule has 1 aromatic heterocycles. The third-order valence-corrected chi connectivity index (χ3v) is 5.58. The van der Waals surface area contributed by atoms with Crippen LogP contribution >= 0.6 is 11.8 Å². The number of hydrogen-bond donors (Lipinski definition) is 0. The number of hydrogen-bond acceptors (Lipinski definition) is 6. The first-order valence-electron chi connectivity index (χ1n) is 8.73. The van der Waals surface area contributed by atoms with Gasteiger partial charge in [0, 0.05) is 22.8 Å². The molecule has 0 N–H and O–H groups in total. The zero-order valence-corrected chi connectivity index (χ0v) is 15.7. The van der Waals surface area contributed by atoms with E-state index < -0.39 is 0 Å². The van der Waals surface area contributed by atoms with E-state index in [9.17, 15) is 4.79 Å². The van der Waals surface area contributed by atoms with Crippen LogP contribution in [0.5, 0.6) is 5.75 Å². The van der Waals surface area contributed by atoms with Crippen molar-refractivity contribution >= 4 is 23.4 Å². The molecule has 0 spiro atoms. The Hall–Kier alpha value is -2.87. The van der Waals surface area contributed by atoms with E-state index in [1.807, 2.05) is 53.1 Å². The van der Waals surface area contributed by atoms with Crippen LogP contribution in [0, 0.1) is 0 Å². The zero-order valence-electron chi connectivity index (χ0n) is 14.9. The molecule has 0 saturated carbocycles. The van der Waals surface area contributed by atoms with Crippen LogP contribution in [-0.4, -0.2) is 44.5 Å². The predicted molar refractivity (Wildman–Crippen MR) is 103 cm³/mol. The van der Waals surface area contributed by atoms with Gasteiger partial charge in [-0.15, -0.1) is 16.9 Å². The van der Waals surface area contributed by atoms with Crippen LogP contribution in [0.2, 0.25) is 0 Å². The first-order valence-corrected chi connectivity index (χ1v) is 9.61. The minimum absolute atomic E-state index is 0.0214. The van der Waals surface area contributed by atoms with Crippen molar-refractivity contribution in [1.29, 1.82) is 0 Å². The number of carbonyl (C=O) groups is 1. The van der Waals surface area contributed by atoms with E-state index in [-0.39, 0.29) is 12.5 Å². The van der Waals surface area contributed by atoms with E-state index in [0.717, 1.165) is 22.7 Å². The molecule has 138 valence electrons. The summed E-state index contributed by atoms with van der Waals surface area (Å²) in [6.07, 6.45) is 2.46. The Morgan fingerprint density at radius 2 is 2.15 bits per heavy atom. The Bertz CT molecular complexity index is 931. The second-order valence-electron chi connectivity index (χ2n) is 6.27. The summed E-state index contributed by atoms with van der Waals surface area (Å²) >= 11 is 1.81. The van der Waals surface area contributed by atoms with E-state index in [4.69, 9.17) is 4.74 Å². The lowest BCUT2D eigenvalue weighted by atomic mass is 10.2. The Labute approximate surface area is 161 Å². The minimum atomic E-state index is -0.0509. The number of nitrogens with zero attached hydrogens (tertiary/aromatic N) is 5. The number of para-hydroxylation sites is 1. The molecule has 4 rings (SSSR count). The smallest absolute Gasteiger partial charge is 0.264 e. The van der Waals surface area contributed by atoms with Crippen molar-refractivity contribution in [3.63, 3.8) is 0 Å². The third-order valence-electron chi connectivity index (χ3n) is 4.34. The van der Waals surface area contributed by atoms with Gasteiger partial charge in [-0.3, -0.25) is 4.79 Å². The number of tetrazole rings is 1. The fraction of sp³-hybridized carbons (Fsp3) is 0.263. The molecule has 8 heteroatoms. The molecule has 2 heterocycles. The lowest BCUT2D eigenvalue weighted by molar-refractivity contribution is -0.120. The van der Waals surface area contributed by atoms with Crippen molar-refractivity contribution in [3.05, 3.63) is 54.9 Å². The highest BCUT2D eigenvalue weighted by atomic mass is 32.2. The largest absolute Gasteiger partial charge is 0.484 e. The lowest BCUT2D eigenvalue weighted by Crippen LogP contribution is -2.36. The highest BCUT2D eigenvalue weighted by Crippen LogP contribution is 2.37. The lowest BCUT2D eigenvalue weighted by Gasteiger charge is -2.22. The normalized spacial score (nSPS) is 16.5. The number of anilines is 1. The number of thioether (sulfide) groups is 1. The monoisotopic (exact) mass is 381 g/mol. The van der Waals surface area contributed by atoms with Crippen molar-refractivity contribution in [3.8, 4) is 11.4 Å². The maximum atomic E-state index is 12.9. The molecule has 0 bridgehead atoms. The molecular weight excluding hydrogens is 362 g/mol. The Kier molecular flexibility index (Phi) is 5.06. The van der Waals surface area contributed by atoms with E-state index in [1.54, 1.807) is 10.7 Å². The van der Waals surface area contributed by atoms with Crippen LogP contribution in [0.1, 0.15) is 13.3 Å². The van der Waals surface area contributed by atoms with Crippen LogP contribution in [0.15, 0.2) is 59.8 Å². The summed E-state index contributed by atoms with van der Waals surface area (Å²) in [6, 6.07) is 15.4. The number of fused-ring (bicyclic) bond motifs is 1. The molecule has 27 heavy (non-hydrogen) atoms. The molecule has 0 radical (unpaired) electrons. The van der Waals surface area contributed by atoms with Gasteiger partial charge in [-0.05, 0) is 41.1 Å². The molecule has 3 aromatic rings. The summed E-state index contributed by atoms with van der Waals surface area (Å²) in [4.78, 5) is 15.8. The molecule has 1 aliphatic rings. The molecular formula is C19H19N5O2S. The molecule has 0 unspecified atom stereocenters. The number of amides is 1. The van der Waals surface area contributed by atoms with E-state index in [2.05, 4.69) is 28.5 Å². The number of ether oxygens (including phenoxy) is 1. The highest BCUT2D eigenvalue weighted by Gasteiger charge is 2.24. The summed E-state index contributed by atoms with van der Waals surface area (Å²) in [5, 5.41) is 11.6. The third kappa shape index (κ3) is 3.95. The quantitative estimate of drug-likeness (QED) is 0.692. The number of benzene rings is 2. The zero-order chi connectivity index (χ0) is 18.6. The van der Waals surface area contributed by atoms with Gasteiger partial charge in [0.2, 0.25) is 0 Å². The first kappa shape index (κ1) is 17.5. The maximum absolute atomic E-state index is 12.9. The van der Waals surface area contributed by atoms with Gasteiger partial charge in [0.15, 0.2) is 6.61 Å². The van der Waals surface area contributed by atoms with E-state index in [1.165, 1.54) is 6.33 Å². The Morgan fingerprint density at radius 3 is 3.00 bits per heavy atom. The molecule has 2 aromatic carbocycles. The molecule has 7 nitrogen and oxygen atoms in total. The summed E-state index contributed by atoms with van der Waals surface area (Å²) in [5.74, 6) is 0.548. The summed E-state index contributed by atoms with van der Waals surface area (Å²) < 4.78 is 7.30. The molecule has 0 fully saturated rings. The molecule has 1 atom stereocenters. The fourth-order valence-corrected chi connectivity index (χ4v) is 4.08. The van der Waals surface area contributed by atoms with Gasteiger partial charge in [0.25, 0.3) is 5.91 Å². The van der Waals surface area contributed by atoms with E-state index >= 15 is 0 Å². The van der Waals surface area contributed by atoms with Crippen LogP contribution in [0.4, 0.5) is 5.69 Å². The van der Waals surface area contributed by atoms with Gasteiger partial charge in [-0.25, -0.2) is 4.68 Å². The fourth-order valence-electron chi connectivity index (χ4n) is 2.96. The Balaban J connectivity index is 1.48. The van der Waals surface area contributed by atoms with E-state index in [0.29, 0.717) is 17.5 Å². The van der Waals surface area contributed by atoms with Gasteiger partial charge < -0.3 is 9.64 Å². The summed E-state index contributed by atoms with van der Waals surface area (Å²) in [6.45, 7) is 2.86. The van der Waals surface area contributed by atoms with Gasteiger partial charge in [0.1, 0.15) is 12.1 Å². The van der Waals surface area contributed by atoms with Crippen molar-refractivity contribution in [1.82, 2.24) is 20.2 Å². The summed E-state index contributed by atoms with van der Waals surface area (Å²) in [7, 11) is 0. The predicted octanol–water partition coefficient (Wildman–Crippen LogP) is 2.96. The highest BCUT2D eigenvalue weighted by molar-refractivity contribution is 8.00. The number of aromatic nitrogens is 4. The molecule has 1 amide bonds. The second kappa shape index (κ2) is 7.79. The number of carbonyl (C=O) groups excluding carboxylic acids is 1.